The number of nitrogens with two attached hydrogens (primary N) is 3. The number of hydrogen-bond acceptors (Lipinski definition) is 10. The number of rotatable bonds is 9. The highest BCUT2D eigenvalue weighted by Crippen LogP contribution is 2.24. The highest BCUT2D eigenvalue weighted by molar-refractivity contribution is 8.76. The molecule has 0 radical (unpaired) electrons. The van der Waals surface area contributed by atoms with E-state index >= 15 is 0 Å². The summed E-state index contributed by atoms with van der Waals surface area (Å²) in [5, 5.41) is 25.2. The number of primary amides is 1. The number of nitrogens with one attached hydrogen (secondary N) is 7. The summed E-state index contributed by atoms with van der Waals surface area (Å²) in [7, 11) is 2.38. The molecule has 4 rings (SSSR count). The van der Waals surface area contributed by atoms with Crippen molar-refractivity contribution in [2.75, 3.05) is 24.6 Å². The van der Waals surface area contributed by atoms with Crippen molar-refractivity contribution in [3.63, 3.8) is 0 Å². The predicted octanol–water partition coefficient (Wildman–Crippen LogP) is -5.21. The second-order valence-corrected chi connectivity index (χ2v) is 17.6. The van der Waals surface area contributed by atoms with Gasteiger partial charge in [0.2, 0.25) is 35.4 Å². The maximum Gasteiger partial charge on any atom is 0.338 e. The minimum atomic E-state index is -1.54. The van der Waals surface area contributed by atoms with E-state index in [2.05, 4.69) is 42.3 Å². The lowest BCUT2D eigenvalue weighted by Gasteiger charge is -2.32. The zero-order valence-corrected chi connectivity index (χ0v) is 35.1. The number of guanidine groups is 1. The molecule has 324 valence electrons. The standard InChI is InChI=1S/C37H56N12O8S2/c1-18(2)28-35(56)46-26(30(39)51)17-59-58-16-22(38)31(52)44-24(10-6-12-42-37(40)41)32(53)45-25(14-20-15-43-23-9-5-4-8-21(20)23)33(54)48-29(19(3)50)36(57)49-13-7-11-27(49)34(55)47-28/h4-5,8-9,15,18-19,22,24-29,43,50H,6-7,10-14,16-17,38H2,1-3H3,(H2,39,51)(H,44,52)(H,45,53)(H,46,56)(H,47,55)(H,48,54)(H4,40,41,42)/p+2/t19-,22+,24+,25-,26+,27+,28+,29+/m1/s1. The quantitative estimate of drug-likeness (QED) is 0.0487. The van der Waals surface area contributed by atoms with Crippen molar-refractivity contribution in [1.29, 1.82) is 0 Å². The summed E-state index contributed by atoms with van der Waals surface area (Å²) in [4.78, 5) is 103. The van der Waals surface area contributed by atoms with E-state index in [4.69, 9.17) is 17.2 Å². The summed E-state index contributed by atoms with van der Waals surface area (Å²) in [6, 6.07) is -0.805. The summed E-state index contributed by atoms with van der Waals surface area (Å²) in [5.41, 5.74) is 22.1. The van der Waals surface area contributed by atoms with E-state index in [-0.39, 0.29) is 49.8 Å². The van der Waals surface area contributed by atoms with Crippen LogP contribution in [0, 0.1) is 5.92 Å². The maximum absolute atomic E-state index is 14.3. The second kappa shape index (κ2) is 21.8. The summed E-state index contributed by atoms with van der Waals surface area (Å²) in [6.45, 7) is 5.13. The molecule has 2 aliphatic heterocycles. The number of aliphatic hydroxyl groups is 1. The van der Waals surface area contributed by atoms with Crippen LogP contribution < -0.4 is 54.5 Å². The third kappa shape index (κ3) is 13.0. The number of aromatic nitrogens is 1. The molecule has 8 atom stereocenters. The number of para-hydroxylation sites is 1. The first-order chi connectivity index (χ1) is 28.0. The smallest absolute Gasteiger partial charge is 0.338 e. The van der Waals surface area contributed by atoms with E-state index in [1.54, 1.807) is 20.0 Å². The molecule has 3 heterocycles. The Morgan fingerprint density at radius 3 is 2.22 bits per heavy atom. The Bertz CT molecular complexity index is 1870. The van der Waals surface area contributed by atoms with Crippen molar-refractivity contribution < 1.29 is 49.4 Å². The molecule has 17 N–H and O–H groups in total. The summed E-state index contributed by atoms with van der Waals surface area (Å²) < 4.78 is 0. The Morgan fingerprint density at radius 2 is 1.54 bits per heavy atom. The van der Waals surface area contributed by atoms with E-state index in [0.29, 0.717) is 18.4 Å². The van der Waals surface area contributed by atoms with Gasteiger partial charge in [0.15, 0.2) is 6.04 Å². The van der Waals surface area contributed by atoms with Crippen molar-refractivity contribution >= 4 is 79.8 Å². The molecule has 1 aromatic carbocycles. The number of H-pyrrole nitrogens is 1. The van der Waals surface area contributed by atoms with Gasteiger partial charge in [-0.15, -0.1) is 0 Å². The molecule has 0 saturated carbocycles. The molecule has 2 saturated heterocycles. The molecule has 0 unspecified atom stereocenters. The third-order valence-electron chi connectivity index (χ3n) is 10.1. The minimum absolute atomic E-state index is 0.0274. The number of nitrogens with zero attached hydrogens (tertiary/aromatic N) is 1. The molecule has 2 fully saturated rings. The molecule has 59 heavy (non-hydrogen) atoms. The second-order valence-electron chi connectivity index (χ2n) is 15.1. The van der Waals surface area contributed by atoms with Gasteiger partial charge in [-0.3, -0.25) is 50.0 Å². The topological polar surface area (TPSA) is 339 Å². The van der Waals surface area contributed by atoms with E-state index in [0.717, 1.165) is 10.9 Å². The largest absolute Gasteiger partial charge is 0.391 e. The first-order valence-electron chi connectivity index (χ1n) is 19.5. The minimum Gasteiger partial charge on any atom is -0.391 e. The van der Waals surface area contributed by atoms with Gasteiger partial charge in [0.05, 0.1) is 18.4 Å². The highest BCUT2D eigenvalue weighted by atomic mass is 33.1. The van der Waals surface area contributed by atoms with E-state index in [9.17, 15) is 38.7 Å². The molecule has 7 amide bonds. The first-order valence-corrected chi connectivity index (χ1v) is 22.0. The van der Waals surface area contributed by atoms with E-state index in [1.807, 2.05) is 24.3 Å². The number of fused-ring (bicyclic) bond motifs is 2. The van der Waals surface area contributed by atoms with E-state index < -0.39 is 95.7 Å². The Morgan fingerprint density at radius 1 is 0.881 bits per heavy atom. The van der Waals surface area contributed by atoms with Crippen LogP contribution in [0.5, 0.6) is 0 Å². The zero-order chi connectivity index (χ0) is 43.4. The molecule has 22 heteroatoms. The number of hydrogen-bond donors (Lipinski definition) is 12. The fourth-order valence-electron chi connectivity index (χ4n) is 6.79. The molecular formula is C37H58N12O8S2+2. The molecule has 0 spiro atoms. The van der Waals surface area contributed by atoms with Gasteiger partial charge in [-0.1, -0.05) is 53.6 Å². The maximum atomic E-state index is 14.3. The fourth-order valence-corrected chi connectivity index (χ4v) is 9.16. The summed E-state index contributed by atoms with van der Waals surface area (Å²) >= 11 is 0. The van der Waals surface area contributed by atoms with Crippen molar-refractivity contribution in [1.82, 2.24) is 36.5 Å². The number of aromatic amines is 1. The van der Waals surface area contributed by atoms with Crippen LogP contribution in [0.1, 0.15) is 52.0 Å². The average Bonchev–Trinajstić information content (AvgIpc) is 3.84. The fraction of sp³-hybridized carbons (Fsp3) is 0.568. The molecular weight excluding hydrogens is 805 g/mol. The normalized spacial score (nSPS) is 26.5. The molecule has 0 bridgehead atoms. The zero-order valence-electron chi connectivity index (χ0n) is 33.5. The third-order valence-corrected chi connectivity index (χ3v) is 12.6. The molecule has 2 aliphatic rings. The lowest BCUT2D eigenvalue weighted by molar-refractivity contribution is -0.459. The summed E-state index contributed by atoms with van der Waals surface area (Å²) in [6.07, 6.45) is 1.30. The van der Waals surface area contributed by atoms with Crippen molar-refractivity contribution in [2.24, 2.45) is 23.1 Å². The van der Waals surface area contributed by atoms with Gasteiger partial charge in [-0.25, -0.2) is 0 Å². The number of aliphatic hydroxyl groups excluding tert-OH is 1. The number of carbonyl (C=O) groups excluding carboxylic acids is 7. The molecule has 2 aromatic rings. The van der Waals surface area contributed by atoms with Gasteiger partial charge in [-0.05, 0) is 50.2 Å². The number of benzene rings is 1. The van der Waals surface area contributed by atoms with Gasteiger partial charge in [0.25, 0.3) is 5.91 Å². The summed E-state index contributed by atoms with van der Waals surface area (Å²) in [5.74, 6) is -5.21. The lowest BCUT2D eigenvalue weighted by Crippen LogP contribution is -2.78. The van der Waals surface area contributed by atoms with Gasteiger partial charge in [-0.2, -0.15) is 0 Å². The van der Waals surface area contributed by atoms with Crippen molar-refractivity contribution in [3.8, 4) is 0 Å². The van der Waals surface area contributed by atoms with Gasteiger partial charge in [0.1, 0.15) is 36.3 Å². The molecule has 20 nitrogen and oxygen atoms in total. The van der Waals surface area contributed by atoms with Gasteiger partial charge >= 0.3 is 5.96 Å². The number of amides is 7. The Kier molecular flexibility index (Phi) is 17.2. The van der Waals surface area contributed by atoms with Crippen LogP contribution >= 0.6 is 21.6 Å². The molecule has 0 aliphatic carbocycles. The average molecular weight is 863 g/mol. The Hall–Kier alpha value is -5.06. The number of quaternary nitrogens is 1. The Labute approximate surface area is 349 Å². The van der Waals surface area contributed by atoms with Crippen LogP contribution in [-0.2, 0) is 40.0 Å². The van der Waals surface area contributed by atoms with Crippen LogP contribution in [0.15, 0.2) is 30.5 Å². The van der Waals surface area contributed by atoms with Crippen LogP contribution in [0.2, 0.25) is 0 Å². The van der Waals surface area contributed by atoms with Crippen LogP contribution in [0.25, 0.3) is 10.9 Å². The lowest BCUT2D eigenvalue weighted by atomic mass is 10.0. The van der Waals surface area contributed by atoms with Crippen LogP contribution in [0.4, 0.5) is 0 Å². The van der Waals surface area contributed by atoms with Crippen LogP contribution in [-0.4, -0.2) is 135 Å². The predicted molar refractivity (Wildman–Crippen MR) is 222 cm³/mol. The highest BCUT2D eigenvalue weighted by Gasteiger charge is 2.42. The first kappa shape index (κ1) is 46.6. The van der Waals surface area contributed by atoms with Gasteiger partial charge < -0.3 is 53.0 Å². The van der Waals surface area contributed by atoms with Gasteiger partial charge in [0, 0.05) is 35.8 Å². The van der Waals surface area contributed by atoms with Crippen LogP contribution in [0.3, 0.4) is 0 Å². The van der Waals surface area contributed by atoms with Crippen molar-refractivity contribution in [2.45, 2.75) is 101 Å². The van der Waals surface area contributed by atoms with Crippen molar-refractivity contribution in [3.05, 3.63) is 36.0 Å². The monoisotopic (exact) mass is 862 g/mol. The Balaban J connectivity index is 1.72. The van der Waals surface area contributed by atoms with E-state index in [1.165, 1.54) is 33.4 Å². The SMILES string of the molecule is CC(C)[C@@H]1NC(=O)[C@@H]2CCCN2C(=O)[C@H]([C@@H](C)O)NC(=O)[C@@H](Cc2c[nH]c3ccccc23)NC(=O)[C@H](CCC[NH+]=C(N)N)NC(=O)[C@@H]([NH3+])CSSC[C@@H](C(N)=O)NC1=O. The molecule has 1 aromatic heterocycles. The number of carbonyl (C=O) groups is 7.